The van der Waals surface area contributed by atoms with Crippen molar-refractivity contribution in [3.63, 3.8) is 0 Å². The highest BCUT2D eigenvalue weighted by atomic mass is 127. The highest BCUT2D eigenvalue weighted by molar-refractivity contribution is 14.1. The first-order valence-corrected chi connectivity index (χ1v) is 7.89. The summed E-state index contributed by atoms with van der Waals surface area (Å²) in [5.41, 5.74) is 10.5. The van der Waals surface area contributed by atoms with Crippen molar-refractivity contribution in [1.82, 2.24) is 0 Å². The minimum absolute atomic E-state index is 0.0592. The second-order valence-corrected chi connectivity index (χ2v) is 6.71. The zero-order valence-electron chi connectivity index (χ0n) is 10.4. The molecule has 98 valence electrons. The van der Waals surface area contributed by atoms with E-state index in [-0.39, 0.29) is 6.04 Å². The van der Waals surface area contributed by atoms with E-state index in [9.17, 15) is 0 Å². The summed E-state index contributed by atoms with van der Waals surface area (Å²) in [4.78, 5) is 0. The second-order valence-electron chi connectivity index (χ2n) is 5.11. The van der Waals surface area contributed by atoms with Crippen LogP contribution in [0, 0.1) is 3.57 Å². The fourth-order valence-electron chi connectivity index (χ4n) is 2.81. The molecule has 0 aliphatic heterocycles. The van der Waals surface area contributed by atoms with Crippen LogP contribution >= 0.6 is 34.2 Å². The van der Waals surface area contributed by atoms with Gasteiger partial charge in [0.2, 0.25) is 0 Å². The molecule has 2 unspecified atom stereocenters. The summed E-state index contributed by atoms with van der Waals surface area (Å²) in [5, 5.41) is 0.764. The lowest BCUT2D eigenvalue weighted by Crippen LogP contribution is -2.23. The normalized spacial score (nSPS) is 18.6. The van der Waals surface area contributed by atoms with Crippen LogP contribution in [-0.4, -0.2) is 0 Å². The van der Waals surface area contributed by atoms with E-state index in [1.54, 1.807) is 0 Å². The third-order valence-electron chi connectivity index (χ3n) is 3.86. The third-order valence-corrected chi connectivity index (χ3v) is 5.07. The van der Waals surface area contributed by atoms with Crippen LogP contribution in [0.3, 0.4) is 0 Å². The van der Waals surface area contributed by atoms with Crippen molar-refractivity contribution >= 4 is 34.2 Å². The highest BCUT2D eigenvalue weighted by Crippen LogP contribution is 2.40. The van der Waals surface area contributed by atoms with Gasteiger partial charge in [0, 0.05) is 14.6 Å². The standard InChI is InChI=1S/C16H15ClIN/c17-12-5-6-15(18)14(9-12)16(19)8-11-7-10-3-1-2-4-13(10)11/h1-6,9,11,16H,7-8,19H2. The molecule has 3 heteroatoms. The van der Waals surface area contributed by atoms with Crippen molar-refractivity contribution in [2.75, 3.05) is 0 Å². The summed E-state index contributed by atoms with van der Waals surface area (Å²) in [6, 6.07) is 14.7. The lowest BCUT2D eigenvalue weighted by molar-refractivity contribution is 0.497. The Balaban J connectivity index is 1.76. The predicted molar refractivity (Wildman–Crippen MR) is 88.6 cm³/mol. The molecule has 1 aliphatic carbocycles. The smallest absolute Gasteiger partial charge is 0.0410 e. The molecule has 2 aromatic rings. The fraction of sp³-hybridized carbons (Fsp3) is 0.250. The van der Waals surface area contributed by atoms with Gasteiger partial charge in [-0.3, -0.25) is 0 Å². The molecule has 2 N–H and O–H groups in total. The Kier molecular flexibility index (Phi) is 3.83. The lowest BCUT2D eigenvalue weighted by Gasteiger charge is -2.32. The van der Waals surface area contributed by atoms with E-state index in [2.05, 4.69) is 46.9 Å². The van der Waals surface area contributed by atoms with E-state index >= 15 is 0 Å². The number of hydrogen-bond acceptors (Lipinski definition) is 1. The number of nitrogens with two attached hydrogens (primary N) is 1. The zero-order valence-corrected chi connectivity index (χ0v) is 13.4. The Labute approximate surface area is 132 Å². The average molecular weight is 384 g/mol. The van der Waals surface area contributed by atoms with Gasteiger partial charge in [0.15, 0.2) is 0 Å². The molecule has 0 bridgehead atoms. The molecule has 0 spiro atoms. The molecular weight excluding hydrogens is 369 g/mol. The number of fused-ring (bicyclic) bond motifs is 1. The molecule has 0 radical (unpaired) electrons. The number of rotatable bonds is 3. The quantitative estimate of drug-likeness (QED) is 0.766. The Morgan fingerprint density at radius 2 is 2.05 bits per heavy atom. The molecule has 0 fully saturated rings. The van der Waals surface area contributed by atoms with Crippen molar-refractivity contribution in [2.45, 2.75) is 24.8 Å². The van der Waals surface area contributed by atoms with E-state index in [1.165, 1.54) is 14.7 Å². The zero-order chi connectivity index (χ0) is 13.4. The molecule has 3 rings (SSSR count). The first kappa shape index (κ1) is 13.4. The monoisotopic (exact) mass is 383 g/mol. The summed E-state index contributed by atoms with van der Waals surface area (Å²) in [6.45, 7) is 0. The Hall–Kier alpha value is -0.580. The lowest BCUT2D eigenvalue weighted by atomic mass is 9.74. The van der Waals surface area contributed by atoms with Crippen molar-refractivity contribution in [3.8, 4) is 0 Å². The second kappa shape index (κ2) is 5.43. The van der Waals surface area contributed by atoms with Gasteiger partial charge in [-0.25, -0.2) is 0 Å². The van der Waals surface area contributed by atoms with Crippen LogP contribution in [0.1, 0.15) is 35.1 Å². The van der Waals surface area contributed by atoms with Crippen LogP contribution in [0.25, 0.3) is 0 Å². The van der Waals surface area contributed by atoms with E-state index in [4.69, 9.17) is 17.3 Å². The first-order valence-electron chi connectivity index (χ1n) is 6.43. The van der Waals surface area contributed by atoms with Gasteiger partial charge < -0.3 is 5.73 Å². The van der Waals surface area contributed by atoms with Crippen molar-refractivity contribution < 1.29 is 0 Å². The Morgan fingerprint density at radius 3 is 2.84 bits per heavy atom. The van der Waals surface area contributed by atoms with Crippen molar-refractivity contribution in [2.24, 2.45) is 5.73 Å². The maximum Gasteiger partial charge on any atom is 0.0410 e. The van der Waals surface area contributed by atoms with E-state index in [0.717, 1.165) is 23.4 Å². The predicted octanol–water partition coefficient (Wildman–Crippen LogP) is 4.67. The summed E-state index contributed by atoms with van der Waals surface area (Å²) < 4.78 is 1.20. The molecule has 2 atom stereocenters. The molecule has 0 saturated heterocycles. The molecular formula is C16H15ClIN. The maximum atomic E-state index is 6.37. The summed E-state index contributed by atoms with van der Waals surface area (Å²) in [5.74, 6) is 0.598. The topological polar surface area (TPSA) is 26.0 Å². The summed E-state index contributed by atoms with van der Waals surface area (Å²) in [7, 11) is 0. The molecule has 2 aromatic carbocycles. The third kappa shape index (κ3) is 2.67. The molecule has 1 aliphatic rings. The van der Waals surface area contributed by atoms with Crippen LogP contribution in [0.15, 0.2) is 42.5 Å². The van der Waals surface area contributed by atoms with Crippen LogP contribution in [0.5, 0.6) is 0 Å². The van der Waals surface area contributed by atoms with Gasteiger partial charge in [-0.1, -0.05) is 35.9 Å². The van der Waals surface area contributed by atoms with Gasteiger partial charge in [-0.15, -0.1) is 0 Å². The van der Waals surface area contributed by atoms with Gasteiger partial charge in [0.05, 0.1) is 0 Å². The van der Waals surface area contributed by atoms with Crippen LogP contribution < -0.4 is 5.73 Å². The molecule has 0 aromatic heterocycles. The van der Waals surface area contributed by atoms with Gasteiger partial charge in [-0.05, 0) is 76.2 Å². The fourth-order valence-corrected chi connectivity index (χ4v) is 3.72. The van der Waals surface area contributed by atoms with Crippen LogP contribution in [-0.2, 0) is 6.42 Å². The van der Waals surface area contributed by atoms with Gasteiger partial charge in [0.25, 0.3) is 0 Å². The minimum atomic E-state index is 0.0592. The molecule has 0 amide bonds. The van der Waals surface area contributed by atoms with Crippen molar-refractivity contribution in [1.29, 1.82) is 0 Å². The SMILES string of the molecule is NC(CC1Cc2ccccc21)c1cc(Cl)ccc1I. The highest BCUT2D eigenvalue weighted by Gasteiger charge is 2.27. The molecule has 19 heavy (non-hydrogen) atoms. The Bertz CT molecular complexity index is 611. The maximum absolute atomic E-state index is 6.37. The molecule has 1 nitrogen and oxygen atoms in total. The number of hydrogen-bond donors (Lipinski definition) is 1. The van der Waals surface area contributed by atoms with E-state index in [0.29, 0.717) is 5.92 Å². The van der Waals surface area contributed by atoms with E-state index in [1.807, 2.05) is 18.2 Å². The van der Waals surface area contributed by atoms with Gasteiger partial charge in [-0.2, -0.15) is 0 Å². The largest absolute Gasteiger partial charge is 0.324 e. The van der Waals surface area contributed by atoms with Crippen molar-refractivity contribution in [3.05, 3.63) is 67.7 Å². The molecule has 0 heterocycles. The Morgan fingerprint density at radius 1 is 1.26 bits per heavy atom. The minimum Gasteiger partial charge on any atom is -0.324 e. The van der Waals surface area contributed by atoms with Crippen LogP contribution in [0.4, 0.5) is 0 Å². The summed E-state index contributed by atoms with van der Waals surface area (Å²) in [6.07, 6.45) is 2.15. The van der Waals surface area contributed by atoms with E-state index < -0.39 is 0 Å². The van der Waals surface area contributed by atoms with Gasteiger partial charge >= 0.3 is 0 Å². The summed E-state index contributed by atoms with van der Waals surface area (Å²) >= 11 is 8.40. The van der Waals surface area contributed by atoms with Crippen LogP contribution in [0.2, 0.25) is 5.02 Å². The first-order chi connectivity index (χ1) is 9.15. The van der Waals surface area contributed by atoms with Gasteiger partial charge in [0.1, 0.15) is 0 Å². The number of benzene rings is 2. The number of halogens is 2. The average Bonchev–Trinajstić information content (AvgIpc) is 2.38. The molecule has 0 saturated carbocycles.